The number of aliphatic hydroxyl groups excluding tert-OH is 1. The fourth-order valence-corrected chi connectivity index (χ4v) is 1.76. The summed E-state index contributed by atoms with van der Waals surface area (Å²) < 4.78 is 27.2. The van der Waals surface area contributed by atoms with Gasteiger partial charge in [-0.25, -0.2) is 18.7 Å². The second kappa shape index (κ2) is 5.40. The fraction of sp³-hybridized carbons (Fsp3) is 0.286. The van der Waals surface area contributed by atoms with Crippen LogP contribution in [0.5, 0.6) is 0 Å². The minimum atomic E-state index is -0.941. The predicted molar refractivity (Wildman–Crippen MR) is 67.5 cm³/mol. The van der Waals surface area contributed by atoms with Crippen molar-refractivity contribution in [1.82, 2.24) is 9.97 Å². The van der Waals surface area contributed by atoms with Gasteiger partial charge in [0.1, 0.15) is 0 Å². The Balaban J connectivity index is 2.35. The van der Waals surface area contributed by atoms with E-state index in [2.05, 4.69) is 9.97 Å². The van der Waals surface area contributed by atoms with Gasteiger partial charge in [0, 0.05) is 18.8 Å². The highest BCUT2D eigenvalue weighted by molar-refractivity contribution is 5.56. The minimum absolute atomic E-state index is 0.0340. The maximum absolute atomic E-state index is 13.8. The van der Waals surface area contributed by atoms with Crippen molar-refractivity contribution in [3.8, 4) is 11.4 Å². The molecule has 0 spiro atoms. The van der Waals surface area contributed by atoms with Gasteiger partial charge in [-0.2, -0.15) is 0 Å². The molecule has 0 aliphatic rings. The number of nitrogens with zero attached hydrogens (tertiary/aromatic N) is 2. The van der Waals surface area contributed by atoms with Gasteiger partial charge < -0.3 is 5.11 Å². The van der Waals surface area contributed by atoms with Crippen molar-refractivity contribution >= 4 is 0 Å². The lowest BCUT2D eigenvalue weighted by atomic mass is 10.1. The lowest BCUT2D eigenvalue weighted by Gasteiger charge is -2.07. The zero-order valence-corrected chi connectivity index (χ0v) is 10.7. The summed E-state index contributed by atoms with van der Waals surface area (Å²) in [5, 5.41) is 9.24. The van der Waals surface area contributed by atoms with Crippen LogP contribution in [-0.4, -0.2) is 21.2 Å². The van der Waals surface area contributed by atoms with Gasteiger partial charge in [-0.3, -0.25) is 0 Å². The van der Waals surface area contributed by atoms with Crippen LogP contribution in [0, 0.1) is 18.6 Å². The van der Waals surface area contributed by atoms with E-state index >= 15 is 0 Å². The molecule has 1 heterocycles. The van der Waals surface area contributed by atoms with Crippen LogP contribution in [0.4, 0.5) is 8.78 Å². The summed E-state index contributed by atoms with van der Waals surface area (Å²) in [6, 6.07) is 2.94. The smallest absolute Gasteiger partial charge is 0.170 e. The highest BCUT2D eigenvalue weighted by atomic mass is 19.2. The van der Waals surface area contributed by atoms with Crippen LogP contribution in [0.2, 0.25) is 0 Å². The van der Waals surface area contributed by atoms with Crippen LogP contribution in [0.15, 0.2) is 24.5 Å². The summed E-state index contributed by atoms with van der Waals surface area (Å²) in [5.41, 5.74) is 1.02. The lowest BCUT2D eigenvalue weighted by molar-refractivity contribution is 0.195. The van der Waals surface area contributed by atoms with Crippen LogP contribution >= 0.6 is 0 Å². The molecule has 0 aliphatic heterocycles. The zero-order chi connectivity index (χ0) is 14.0. The molecule has 5 heteroatoms. The van der Waals surface area contributed by atoms with E-state index in [1.165, 1.54) is 31.5 Å². The van der Waals surface area contributed by atoms with E-state index < -0.39 is 17.7 Å². The van der Waals surface area contributed by atoms with Crippen molar-refractivity contribution in [2.75, 3.05) is 0 Å². The molecule has 19 heavy (non-hydrogen) atoms. The van der Waals surface area contributed by atoms with Crippen molar-refractivity contribution in [3.63, 3.8) is 0 Å². The monoisotopic (exact) mass is 264 g/mol. The first-order valence-corrected chi connectivity index (χ1v) is 5.93. The summed E-state index contributed by atoms with van der Waals surface area (Å²) in [6.07, 6.45) is 2.94. The van der Waals surface area contributed by atoms with Gasteiger partial charge in [0.15, 0.2) is 17.5 Å². The first-order valence-electron chi connectivity index (χ1n) is 5.93. The quantitative estimate of drug-likeness (QED) is 0.927. The van der Waals surface area contributed by atoms with E-state index in [1.807, 2.05) is 0 Å². The Morgan fingerprint density at radius 1 is 1.16 bits per heavy atom. The molecule has 0 fully saturated rings. The third kappa shape index (κ3) is 2.93. The van der Waals surface area contributed by atoms with Crippen molar-refractivity contribution in [3.05, 3.63) is 47.3 Å². The molecule has 0 amide bonds. The Labute approximate surface area is 110 Å². The number of hydrogen-bond donors (Lipinski definition) is 1. The first kappa shape index (κ1) is 13.5. The highest BCUT2D eigenvalue weighted by Crippen LogP contribution is 2.23. The Morgan fingerprint density at radius 2 is 1.79 bits per heavy atom. The van der Waals surface area contributed by atoms with Crippen LogP contribution in [-0.2, 0) is 6.42 Å². The summed E-state index contributed by atoms with van der Waals surface area (Å²) in [5.74, 6) is -1.69. The second-order valence-corrected chi connectivity index (χ2v) is 4.53. The number of halogens is 2. The highest BCUT2D eigenvalue weighted by Gasteiger charge is 2.14. The topological polar surface area (TPSA) is 46.0 Å². The average molecular weight is 264 g/mol. The number of aliphatic hydroxyl groups is 1. The van der Waals surface area contributed by atoms with Crippen LogP contribution < -0.4 is 0 Å². The van der Waals surface area contributed by atoms with Crippen molar-refractivity contribution < 1.29 is 13.9 Å². The second-order valence-electron chi connectivity index (χ2n) is 4.53. The molecule has 2 aromatic rings. The van der Waals surface area contributed by atoms with E-state index in [4.69, 9.17) is 0 Å². The van der Waals surface area contributed by atoms with Gasteiger partial charge in [-0.1, -0.05) is 6.07 Å². The molecule has 1 unspecified atom stereocenters. The molecule has 3 nitrogen and oxygen atoms in total. The summed E-state index contributed by atoms with van der Waals surface area (Å²) >= 11 is 0. The average Bonchev–Trinajstić information content (AvgIpc) is 2.37. The van der Waals surface area contributed by atoms with Gasteiger partial charge in [0.2, 0.25) is 0 Å². The number of rotatable bonds is 3. The van der Waals surface area contributed by atoms with Gasteiger partial charge in [-0.05, 0) is 31.0 Å². The molecule has 0 saturated heterocycles. The molecule has 0 radical (unpaired) electrons. The molecular formula is C14H14F2N2O. The fourth-order valence-electron chi connectivity index (χ4n) is 1.76. The van der Waals surface area contributed by atoms with Gasteiger partial charge in [0.05, 0.1) is 11.7 Å². The Bertz CT molecular complexity index is 583. The number of hydrogen-bond acceptors (Lipinski definition) is 3. The normalized spacial score (nSPS) is 12.5. The van der Waals surface area contributed by atoms with E-state index in [9.17, 15) is 13.9 Å². The molecule has 2 rings (SSSR count). The molecule has 1 aromatic heterocycles. The molecule has 0 saturated carbocycles. The van der Waals surface area contributed by atoms with Crippen molar-refractivity contribution in [2.45, 2.75) is 26.4 Å². The van der Waals surface area contributed by atoms with Gasteiger partial charge >= 0.3 is 0 Å². The van der Waals surface area contributed by atoms with Crippen molar-refractivity contribution in [1.29, 1.82) is 0 Å². The summed E-state index contributed by atoms with van der Waals surface area (Å²) in [4.78, 5) is 8.01. The van der Waals surface area contributed by atoms with Gasteiger partial charge in [0.25, 0.3) is 0 Å². The Morgan fingerprint density at radius 3 is 2.37 bits per heavy atom. The maximum Gasteiger partial charge on any atom is 0.170 e. The van der Waals surface area contributed by atoms with Crippen molar-refractivity contribution in [2.24, 2.45) is 0 Å². The van der Waals surface area contributed by atoms with Crippen LogP contribution in [0.3, 0.4) is 0 Å². The molecule has 1 atom stereocenters. The third-order valence-corrected chi connectivity index (χ3v) is 2.75. The van der Waals surface area contributed by atoms with E-state index in [1.54, 1.807) is 6.92 Å². The molecule has 0 aliphatic carbocycles. The molecule has 100 valence electrons. The molecule has 1 N–H and O–H groups in total. The standard InChI is InChI=1S/C14H14F2N2O/c1-8-3-4-11(13(16)12(8)15)14-17-6-10(7-18-14)5-9(2)19/h3-4,6-7,9,19H,5H2,1-2H3. The van der Waals surface area contributed by atoms with Crippen LogP contribution in [0.25, 0.3) is 11.4 Å². The molecule has 1 aromatic carbocycles. The number of aromatic nitrogens is 2. The SMILES string of the molecule is Cc1ccc(-c2ncc(CC(C)O)cn2)c(F)c1F. The first-order chi connectivity index (χ1) is 8.99. The zero-order valence-electron chi connectivity index (χ0n) is 10.7. The number of benzene rings is 1. The third-order valence-electron chi connectivity index (χ3n) is 2.75. The van der Waals surface area contributed by atoms with E-state index in [-0.39, 0.29) is 17.0 Å². The largest absolute Gasteiger partial charge is 0.393 e. The maximum atomic E-state index is 13.8. The van der Waals surface area contributed by atoms with E-state index in [0.717, 1.165) is 5.56 Å². The summed E-state index contributed by atoms with van der Waals surface area (Å²) in [7, 11) is 0. The lowest BCUT2D eigenvalue weighted by Crippen LogP contribution is -2.05. The minimum Gasteiger partial charge on any atom is -0.393 e. The Hall–Kier alpha value is -1.88. The van der Waals surface area contributed by atoms with Gasteiger partial charge in [-0.15, -0.1) is 0 Å². The summed E-state index contributed by atoms with van der Waals surface area (Å²) in [6.45, 7) is 3.15. The molecular weight excluding hydrogens is 250 g/mol. The Kier molecular flexibility index (Phi) is 3.85. The predicted octanol–water partition coefficient (Wildman–Crippen LogP) is 2.65. The number of aryl methyl sites for hydroxylation is 1. The van der Waals surface area contributed by atoms with E-state index in [0.29, 0.717) is 6.42 Å². The molecule has 0 bridgehead atoms. The van der Waals surface area contributed by atoms with Crippen LogP contribution in [0.1, 0.15) is 18.1 Å².